The number of anilines is 2. The first kappa shape index (κ1) is 23.0. The zero-order valence-electron chi connectivity index (χ0n) is 18.6. The molecular formula is C25H27N3O4S. The van der Waals surface area contributed by atoms with Crippen molar-refractivity contribution in [3.63, 3.8) is 0 Å². The van der Waals surface area contributed by atoms with E-state index in [0.29, 0.717) is 30.0 Å². The van der Waals surface area contributed by atoms with Gasteiger partial charge in [0.2, 0.25) is 11.8 Å². The van der Waals surface area contributed by atoms with E-state index in [1.165, 1.54) is 23.6 Å². The van der Waals surface area contributed by atoms with E-state index >= 15 is 0 Å². The SMILES string of the molecule is CC(=O)c1ccc(NC(=O)CN2C(=O)[C@@H](C(=O)N3CCCCCC3)Sc3ccccc32)cc1. The molecule has 2 aromatic rings. The van der Waals surface area contributed by atoms with Crippen LogP contribution in [-0.2, 0) is 14.4 Å². The van der Waals surface area contributed by atoms with Crippen LogP contribution in [0.25, 0.3) is 0 Å². The Labute approximate surface area is 197 Å². The van der Waals surface area contributed by atoms with Gasteiger partial charge in [0, 0.05) is 29.2 Å². The largest absolute Gasteiger partial charge is 0.341 e. The van der Waals surface area contributed by atoms with Crippen LogP contribution in [0.1, 0.15) is 43.0 Å². The maximum absolute atomic E-state index is 13.4. The molecule has 2 aliphatic rings. The molecule has 4 rings (SSSR count). The van der Waals surface area contributed by atoms with Gasteiger partial charge in [-0.2, -0.15) is 0 Å². The lowest BCUT2D eigenvalue weighted by atomic mass is 10.1. The van der Waals surface area contributed by atoms with Gasteiger partial charge in [0.15, 0.2) is 11.0 Å². The van der Waals surface area contributed by atoms with Crippen molar-refractivity contribution >= 4 is 46.6 Å². The molecule has 2 aliphatic heterocycles. The van der Waals surface area contributed by atoms with Crippen LogP contribution in [0.3, 0.4) is 0 Å². The Morgan fingerprint density at radius 3 is 2.30 bits per heavy atom. The average Bonchev–Trinajstić information content (AvgIpc) is 3.10. The molecule has 2 aromatic carbocycles. The molecular weight excluding hydrogens is 438 g/mol. The van der Waals surface area contributed by atoms with Crippen molar-refractivity contribution in [2.24, 2.45) is 0 Å². The summed E-state index contributed by atoms with van der Waals surface area (Å²) in [6.45, 7) is 2.62. The number of likely N-dealkylation sites (tertiary alicyclic amines) is 1. The third kappa shape index (κ3) is 5.27. The van der Waals surface area contributed by atoms with Crippen LogP contribution in [0.5, 0.6) is 0 Å². The summed E-state index contributed by atoms with van der Waals surface area (Å²) < 4.78 is 0. The monoisotopic (exact) mass is 465 g/mol. The Balaban J connectivity index is 1.51. The Morgan fingerprint density at radius 1 is 0.970 bits per heavy atom. The number of hydrogen-bond acceptors (Lipinski definition) is 5. The number of nitrogens with one attached hydrogen (secondary N) is 1. The summed E-state index contributed by atoms with van der Waals surface area (Å²) in [6.07, 6.45) is 4.08. The highest BCUT2D eigenvalue weighted by Crippen LogP contribution is 2.39. The molecule has 8 heteroatoms. The van der Waals surface area contributed by atoms with Crippen molar-refractivity contribution in [3.8, 4) is 0 Å². The molecule has 0 radical (unpaired) electrons. The van der Waals surface area contributed by atoms with Crippen LogP contribution in [0, 0.1) is 0 Å². The molecule has 0 bridgehead atoms. The molecule has 1 atom stereocenters. The first-order valence-electron chi connectivity index (χ1n) is 11.2. The van der Waals surface area contributed by atoms with Crippen LogP contribution in [-0.4, -0.2) is 53.3 Å². The minimum absolute atomic E-state index is 0.0546. The van der Waals surface area contributed by atoms with E-state index in [9.17, 15) is 19.2 Å². The van der Waals surface area contributed by atoms with Crippen LogP contribution in [0.2, 0.25) is 0 Å². The zero-order chi connectivity index (χ0) is 23.4. The van der Waals surface area contributed by atoms with Gasteiger partial charge < -0.3 is 15.1 Å². The number of thioether (sulfide) groups is 1. The van der Waals surface area contributed by atoms with E-state index in [1.807, 2.05) is 18.2 Å². The Hall–Kier alpha value is -3.13. The summed E-state index contributed by atoms with van der Waals surface area (Å²) in [7, 11) is 0. The quantitative estimate of drug-likeness (QED) is 0.537. The van der Waals surface area contributed by atoms with Crippen molar-refractivity contribution < 1.29 is 19.2 Å². The van der Waals surface area contributed by atoms with E-state index in [4.69, 9.17) is 0 Å². The van der Waals surface area contributed by atoms with Crippen molar-refractivity contribution in [3.05, 3.63) is 54.1 Å². The van der Waals surface area contributed by atoms with Gasteiger partial charge >= 0.3 is 0 Å². The molecule has 1 N–H and O–H groups in total. The standard InChI is InChI=1S/C25H27N3O4S/c1-17(29)18-10-12-19(13-11-18)26-22(30)16-28-20-8-4-5-9-21(20)33-23(25(28)32)24(31)27-14-6-2-3-7-15-27/h4-5,8-13,23H,2-3,6-7,14-16H2,1H3,(H,26,30)/t23-/m1/s1. The van der Waals surface area contributed by atoms with Crippen LogP contribution in [0.4, 0.5) is 11.4 Å². The van der Waals surface area contributed by atoms with Gasteiger partial charge in [0.05, 0.1) is 5.69 Å². The van der Waals surface area contributed by atoms with Gasteiger partial charge in [-0.1, -0.05) is 25.0 Å². The lowest BCUT2D eigenvalue weighted by molar-refractivity contribution is -0.135. The minimum Gasteiger partial charge on any atom is -0.341 e. The average molecular weight is 466 g/mol. The number of rotatable bonds is 5. The van der Waals surface area contributed by atoms with Crippen LogP contribution < -0.4 is 10.2 Å². The molecule has 0 aromatic heterocycles. The molecule has 2 heterocycles. The number of benzene rings is 2. The molecule has 7 nitrogen and oxygen atoms in total. The Bertz CT molecular complexity index is 1060. The minimum atomic E-state index is -0.888. The fraction of sp³-hybridized carbons (Fsp3) is 0.360. The fourth-order valence-electron chi connectivity index (χ4n) is 4.13. The van der Waals surface area contributed by atoms with Gasteiger partial charge in [-0.05, 0) is 56.2 Å². The second-order valence-corrected chi connectivity index (χ2v) is 9.46. The van der Waals surface area contributed by atoms with E-state index < -0.39 is 5.25 Å². The first-order valence-corrected chi connectivity index (χ1v) is 12.1. The highest BCUT2D eigenvalue weighted by molar-refractivity contribution is 8.01. The first-order chi connectivity index (χ1) is 15.9. The topological polar surface area (TPSA) is 86.8 Å². The summed E-state index contributed by atoms with van der Waals surface area (Å²) in [5.41, 5.74) is 1.73. The lowest BCUT2D eigenvalue weighted by Gasteiger charge is -2.34. The van der Waals surface area contributed by atoms with Gasteiger partial charge in [-0.15, -0.1) is 11.8 Å². The third-order valence-electron chi connectivity index (χ3n) is 5.91. The maximum atomic E-state index is 13.4. The number of Topliss-reactive ketones (excluding diaryl/α,β-unsaturated/α-hetero) is 1. The van der Waals surface area contributed by atoms with Gasteiger partial charge in [-0.3, -0.25) is 19.2 Å². The number of nitrogens with zero attached hydrogens (tertiary/aromatic N) is 2. The van der Waals surface area contributed by atoms with E-state index in [0.717, 1.165) is 30.6 Å². The maximum Gasteiger partial charge on any atom is 0.250 e. The van der Waals surface area contributed by atoms with E-state index in [1.54, 1.807) is 35.2 Å². The molecule has 3 amide bonds. The second kappa shape index (κ2) is 10.2. The number of amides is 3. The van der Waals surface area contributed by atoms with E-state index in [2.05, 4.69) is 5.32 Å². The van der Waals surface area contributed by atoms with Gasteiger partial charge in [-0.25, -0.2) is 0 Å². The molecule has 0 saturated carbocycles. The molecule has 1 saturated heterocycles. The second-order valence-electron chi connectivity index (χ2n) is 8.31. The molecule has 0 spiro atoms. The summed E-state index contributed by atoms with van der Waals surface area (Å²) >= 11 is 1.27. The predicted molar refractivity (Wildman–Crippen MR) is 129 cm³/mol. The van der Waals surface area contributed by atoms with Crippen molar-refractivity contribution in [1.29, 1.82) is 0 Å². The van der Waals surface area contributed by atoms with Crippen molar-refractivity contribution in [1.82, 2.24) is 4.90 Å². The fourth-order valence-corrected chi connectivity index (χ4v) is 5.31. The molecule has 1 fully saturated rings. The molecule has 33 heavy (non-hydrogen) atoms. The Morgan fingerprint density at radius 2 is 1.64 bits per heavy atom. The summed E-state index contributed by atoms with van der Waals surface area (Å²) in [5.74, 6) is -0.968. The van der Waals surface area contributed by atoms with Gasteiger partial charge in [0.25, 0.3) is 5.91 Å². The number of hydrogen-bond donors (Lipinski definition) is 1. The summed E-state index contributed by atoms with van der Waals surface area (Å²) in [5, 5.41) is 1.89. The van der Waals surface area contributed by atoms with Gasteiger partial charge in [0.1, 0.15) is 6.54 Å². The number of ketones is 1. The summed E-state index contributed by atoms with van der Waals surface area (Å²) in [4.78, 5) is 54.9. The number of fused-ring (bicyclic) bond motifs is 1. The smallest absolute Gasteiger partial charge is 0.250 e. The zero-order valence-corrected chi connectivity index (χ0v) is 19.4. The highest BCUT2D eigenvalue weighted by Gasteiger charge is 2.40. The van der Waals surface area contributed by atoms with Crippen molar-refractivity contribution in [2.75, 3.05) is 29.9 Å². The van der Waals surface area contributed by atoms with Crippen LogP contribution >= 0.6 is 11.8 Å². The molecule has 0 aliphatic carbocycles. The Kier molecular flexibility index (Phi) is 7.13. The lowest BCUT2D eigenvalue weighted by Crippen LogP contribution is -2.51. The summed E-state index contributed by atoms with van der Waals surface area (Å²) in [6, 6.07) is 13.9. The number of para-hydroxylation sites is 1. The van der Waals surface area contributed by atoms with E-state index in [-0.39, 0.29) is 30.0 Å². The normalized spacial score (nSPS) is 18.3. The predicted octanol–water partition coefficient (Wildman–Crippen LogP) is 3.74. The number of carbonyl (C=O) groups excluding carboxylic acids is 4. The number of carbonyl (C=O) groups is 4. The molecule has 0 unspecified atom stereocenters. The van der Waals surface area contributed by atoms with Crippen molar-refractivity contribution in [2.45, 2.75) is 42.8 Å². The molecule has 172 valence electrons. The van der Waals surface area contributed by atoms with Crippen LogP contribution in [0.15, 0.2) is 53.4 Å². The highest BCUT2D eigenvalue weighted by atomic mass is 32.2. The third-order valence-corrected chi connectivity index (χ3v) is 7.15.